The van der Waals surface area contributed by atoms with Gasteiger partial charge in [-0.25, -0.2) is 0 Å². The van der Waals surface area contributed by atoms with Crippen LogP contribution in [0, 0.1) is 5.92 Å². The number of hydrogen-bond donors (Lipinski definition) is 2. The van der Waals surface area contributed by atoms with Gasteiger partial charge in [0.2, 0.25) is 0 Å². The molecule has 3 unspecified atom stereocenters. The number of nitrogens with one attached hydrogen (secondary N) is 1. The molecule has 0 bridgehead atoms. The van der Waals surface area contributed by atoms with Crippen LogP contribution in [0.2, 0.25) is 0 Å². The fourth-order valence-corrected chi connectivity index (χ4v) is 2.65. The van der Waals surface area contributed by atoms with Crippen molar-refractivity contribution in [2.45, 2.75) is 52.1 Å². The van der Waals surface area contributed by atoms with Crippen LogP contribution in [0.3, 0.4) is 0 Å². The highest BCUT2D eigenvalue weighted by atomic mass is 15.0. The molecule has 2 nitrogen and oxygen atoms in total. The van der Waals surface area contributed by atoms with Crippen molar-refractivity contribution < 1.29 is 0 Å². The van der Waals surface area contributed by atoms with Crippen LogP contribution in [-0.4, -0.2) is 6.04 Å². The molecule has 3 N–H and O–H groups in total. The van der Waals surface area contributed by atoms with E-state index in [9.17, 15) is 0 Å². The number of nitrogen functional groups attached to an aromatic ring is 1. The Morgan fingerprint density at radius 3 is 2.88 bits per heavy atom. The van der Waals surface area contributed by atoms with E-state index in [1.165, 1.54) is 24.0 Å². The molecule has 0 fully saturated rings. The van der Waals surface area contributed by atoms with E-state index in [0.717, 1.165) is 18.0 Å². The van der Waals surface area contributed by atoms with Crippen molar-refractivity contribution in [2.24, 2.45) is 5.92 Å². The minimum atomic E-state index is 0.523. The lowest BCUT2D eigenvalue weighted by molar-refractivity contribution is 0.349. The Morgan fingerprint density at radius 2 is 2.18 bits per heavy atom. The molecule has 0 saturated carbocycles. The van der Waals surface area contributed by atoms with Crippen molar-refractivity contribution in [3.05, 3.63) is 29.3 Å². The summed E-state index contributed by atoms with van der Waals surface area (Å²) in [5.74, 6) is 0.729. The summed E-state index contributed by atoms with van der Waals surface area (Å²) < 4.78 is 0. The molecule has 0 aliphatic heterocycles. The molecule has 2 heteroatoms. The van der Waals surface area contributed by atoms with E-state index < -0.39 is 0 Å². The zero-order valence-corrected chi connectivity index (χ0v) is 11.2. The fourth-order valence-electron chi connectivity index (χ4n) is 2.65. The molecule has 2 rings (SSSR count). The maximum Gasteiger partial charge on any atom is 0.0328 e. The molecule has 1 aliphatic carbocycles. The Hall–Kier alpha value is -1.02. The van der Waals surface area contributed by atoms with Gasteiger partial charge in [0.1, 0.15) is 0 Å². The number of hydrogen-bond acceptors (Lipinski definition) is 2. The first-order valence-electron chi connectivity index (χ1n) is 6.76. The Bertz CT molecular complexity index is 387. The summed E-state index contributed by atoms with van der Waals surface area (Å²) in [6.45, 7) is 6.87. The molecule has 1 aromatic rings. The van der Waals surface area contributed by atoms with Gasteiger partial charge in [0, 0.05) is 17.8 Å². The summed E-state index contributed by atoms with van der Waals surface area (Å²) in [6, 6.07) is 7.44. The van der Waals surface area contributed by atoms with Crippen molar-refractivity contribution in [3.8, 4) is 0 Å². The van der Waals surface area contributed by atoms with Crippen molar-refractivity contribution in [1.82, 2.24) is 5.32 Å². The molecule has 3 atom stereocenters. The van der Waals surface area contributed by atoms with E-state index >= 15 is 0 Å². The molecule has 0 radical (unpaired) electrons. The fraction of sp³-hybridized carbons (Fsp3) is 0.600. The van der Waals surface area contributed by atoms with Gasteiger partial charge in [-0.2, -0.15) is 0 Å². The molecule has 1 aliphatic rings. The monoisotopic (exact) mass is 232 g/mol. The first-order chi connectivity index (χ1) is 8.11. The number of nitrogens with two attached hydrogens (primary N) is 1. The first-order valence-corrected chi connectivity index (χ1v) is 6.76. The van der Waals surface area contributed by atoms with Crippen LogP contribution in [0.15, 0.2) is 18.2 Å². The van der Waals surface area contributed by atoms with Crippen LogP contribution >= 0.6 is 0 Å². The number of rotatable bonds is 4. The van der Waals surface area contributed by atoms with Gasteiger partial charge in [-0.1, -0.05) is 26.3 Å². The second-order valence-electron chi connectivity index (χ2n) is 5.39. The van der Waals surface area contributed by atoms with Crippen LogP contribution in [-0.2, 0) is 6.42 Å². The van der Waals surface area contributed by atoms with Crippen molar-refractivity contribution in [3.63, 3.8) is 0 Å². The van der Waals surface area contributed by atoms with Gasteiger partial charge in [-0.05, 0) is 48.9 Å². The SMILES string of the molecule is CCC(C)C(C)NC1CCc2cc(N)ccc21. The van der Waals surface area contributed by atoms with Crippen LogP contribution in [0.4, 0.5) is 5.69 Å². The van der Waals surface area contributed by atoms with Crippen LogP contribution in [0.5, 0.6) is 0 Å². The highest BCUT2D eigenvalue weighted by Gasteiger charge is 2.24. The van der Waals surface area contributed by atoms with Gasteiger partial charge >= 0.3 is 0 Å². The van der Waals surface area contributed by atoms with E-state index in [1.54, 1.807) is 0 Å². The third-order valence-electron chi connectivity index (χ3n) is 4.21. The Kier molecular flexibility index (Phi) is 3.72. The van der Waals surface area contributed by atoms with Gasteiger partial charge in [-0.3, -0.25) is 0 Å². The molecule has 1 aromatic carbocycles. The molecule has 0 heterocycles. The summed E-state index contributed by atoms with van der Waals surface area (Å²) in [4.78, 5) is 0. The van der Waals surface area contributed by atoms with E-state index in [2.05, 4.69) is 38.2 Å². The zero-order valence-electron chi connectivity index (χ0n) is 11.2. The largest absolute Gasteiger partial charge is 0.399 e. The van der Waals surface area contributed by atoms with E-state index in [1.807, 2.05) is 6.07 Å². The van der Waals surface area contributed by atoms with Crippen molar-refractivity contribution in [1.29, 1.82) is 0 Å². The van der Waals surface area contributed by atoms with Crippen LogP contribution in [0.25, 0.3) is 0 Å². The summed E-state index contributed by atoms with van der Waals surface area (Å²) in [5, 5.41) is 3.76. The molecule has 94 valence electrons. The molecule has 0 aromatic heterocycles. The molecule has 0 saturated heterocycles. The minimum absolute atomic E-state index is 0.523. The minimum Gasteiger partial charge on any atom is -0.399 e. The Morgan fingerprint density at radius 1 is 1.41 bits per heavy atom. The molecular formula is C15H24N2. The first kappa shape index (κ1) is 12.4. The molecule has 17 heavy (non-hydrogen) atoms. The highest BCUT2D eigenvalue weighted by Crippen LogP contribution is 2.33. The lowest BCUT2D eigenvalue weighted by Crippen LogP contribution is -2.34. The average molecular weight is 232 g/mol. The van der Waals surface area contributed by atoms with Crippen LogP contribution < -0.4 is 11.1 Å². The highest BCUT2D eigenvalue weighted by molar-refractivity contribution is 5.47. The number of benzene rings is 1. The summed E-state index contributed by atoms with van der Waals surface area (Å²) in [5.41, 5.74) is 9.60. The predicted molar refractivity (Wildman–Crippen MR) is 74.0 cm³/mol. The van der Waals surface area contributed by atoms with E-state index in [0.29, 0.717) is 12.1 Å². The number of anilines is 1. The maximum absolute atomic E-state index is 5.83. The number of fused-ring (bicyclic) bond motifs is 1. The van der Waals surface area contributed by atoms with Gasteiger partial charge in [-0.15, -0.1) is 0 Å². The van der Waals surface area contributed by atoms with Gasteiger partial charge in [0.05, 0.1) is 0 Å². The summed E-state index contributed by atoms with van der Waals surface area (Å²) in [6.07, 6.45) is 3.60. The Balaban J connectivity index is 2.07. The van der Waals surface area contributed by atoms with Gasteiger partial charge in [0.25, 0.3) is 0 Å². The topological polar surface area (TPSA) is 38.0 Å². The third kappa shape index (κ3) is 2.63. The standard InChI is InChI=1S/C15H24N2/c1-4-10(2)11(3)17-15-8-5-12-9-13(16)6-7-14(12)15/h6-7,9-11,15,17H,4-5,8,16H2,1-3H3. The van der Waals surface area contributed by atoms with E-state index in [-0.39, 0.29) is 0 Å². The quantitative estimate of drug-likeness (QED) is 0.782. The van der Waals surface area contributed by atoms with Crippen LogP contribution in [0.1, 0.15) is 50.8 Å². The molecular weight excluding hydrogens is 208 g/mol. The van der Waals surface area contributed by atoms with E-state index in [4.69, 9.17) is 5.73 Å². The smallest absolute Gasteiger partial charge is 0.0328 e. The second-order valence-corrected chi connectivity index (χ2v) is 5.39. The molecule has 0 spiro atoms. The normalized spacial score (nSPS) is 22.2. The van der Waals surface area contributed by atoms with Crippen molar-refractivity contribution >= 4 is 5.69 Å². The predicted octanol–water partition coefficient (Wildman–Crippen LogP) is 3.28. The summed E-state index contributed by atoms with van der Waals surface area (Å²) >= 11 is 0. The van der Waals surface area contributed by atoms with Gasteiger partial charge < -0.3 is 11.1 Å². The third-order valence-corrected chi connectivity index (χ3v) is 4.21. The lowest BCUT2D eigenvalue weighted by Gasteiger charge is -2.25. The summed E-state index contributed by atoms with van der Waals surface area (Å²) in [7, 11) is 0. The second kappa shape index (κ2) is 5.09. The lowest BCUT2D eigenvalue weighted by atomic mass is 9.99. The zero-order chi connectivity index (χ0) is 12.4. The maximum atomic E-state index is 5.83. The molecule has 0 amide bonds. The average Bonchev–Trinajstić information content (AvgIpc) is 2.70. The van der Waals surface area contributed by atoms with Crippen molar-refractivity contribution in [2.75, 3.05) is 5.73 Å². The number of aryl methyl sites for hydroxylation is 1. The van der Waals surface area contributed by atoms with Gasteiger partial charge in [0.15, 0.2) is 0 Å². The Labute approximate surface area is 105 Å².